The van der Waals surface area contributed by atoms with Gasteiger partial charge in [0.2, 0.25) is 5.91 Å². The molecule has 1 atom stereocenters. The van der Waals surface area contributed by atoms with Gasteiger partial charge >= 0.3 is 0 Å². The maximum absolute atomic E-state index is 12.7. The molecule has 0 aromatic heterocycles. The quantitative estimate of drug-likeness (QED) is 0.819. The summed E-state index contributed by atoms with van der Waals surface area (Å²) in [5, 5.41) is 3.11. The second kappa shape index (κ2) is 7.25. The molecular formula is C19H20N2O4. The number of hydrogen-bond acceptors (Lipinski definition) is 5. The molecule has 130 valence electrons. The van der Waals surface area contributed by atoms with Gasteiger partial charge in [-0.05, 0) is 43.3 Å². The lowest BCUT2D eigenvalue weighted by atomic mass is 10.2. The van der Waals surface area contributed by atoms with Crippen LogP contribution in [0.3, 0.4) is 0 Å². The van der Waals surface area contributed by atoms with Gasteiger partial charge in [0.05, 0.1) is 25.8 Å². The number of methoxy groups -OCH3 is 1. The molecule has 2 aromatic rings. The molecule has 0 radical (unpaired) electrons. The Bertz CT molecular complexity index is 773. The topological polar surface area (TPSA) is 67.9 Å². The second-order valence-electron chi connectivity index (χ2n) is 5.63. The van der Waals surface area contributed by atoms with Crippen molar-refractivity contribution in [1.82, 2.24) is 0 Å². The number of rotatable bonds is 6. The first-order chi connectivity index (χ1) is 12.1. The fraction of sp³-hybridized carbons (Fsp3) is 0.263. The van der Waals surface area contributed by atoms with E-state index in [1.165, 1.54) is 4.90 Å². The zero-order valence-corrected chi connectivity index (χ0v) is 14.2. The molecule has 0 bridgehead atoms. The molecule has 25 heavy (non-hydrogen) atoms. The Morgan fingerprint density at radius 1 is 1.12 bits per heavy atom. The van der Waals surface area contributed by atoms with E-state index in [1.807, 2.05) is 25.1 Å². The van der Waals surface area contributed by atoms with Crippen molar-refractivity contribution in [1.29, 1.82) is 0 Å². The standard InChI is InChI=1S/C19H20N2O4/c1-3-25-15-9-7-14(8-10-15)21-18(22)12-17(19(21)23)20-13-5-4-6-16(11-13)24-2/h4-11,17,20H,3,12H2,1-2H3/t17-/m0/s1. The van der Waals surface area contributed by atoms with E-state index in [2.05, 4.69) is 5.32 Å². The molecule has 0 aliphatic carbocycles. The number of ether oxygens (including phenoxy) is 2. The van der Waals surface area contributed by atoms with Crippen molar-refractivity contribution < 1.29 is 19.1 Å². The summed E-state index contributed by atoms with van der Waals surface area (Å²) < 4.78 is 10.6. The molecule has 1 aliphatic rings. The van der Waals surface area contributed by atoms with Crippen LogP contribution in [0, 0.1) is 0 Å². The minimum atomic E-state index is -0.592. The highest BCUT2D eigenvalue weighted by atomic mass is 16.5. The summed E-state index contributed by atoms with van der Waals surface area (Å²) in [4.78, 5) is 26.2. The van der Waals surface area contributed by atoms with E-state index < -0.39 is 6.04 Å². The lowest BCUT2D eigenvalue weighted by Crippen LogP contribution is -2.34. The monoisotopic (exact) mass is 340 g/mol. The first-order valence-electron chi connectivity index (χ1n) is 8.12. The predicted molar refractivity (Wildman–Crippen MR) is 95.1 cm³/mol. The third-order valence-corrected chi connectivity index (χ3v) is 3.96. The van der Waals surface area contributed by atoms with Crippen molar-refractivity contribution in [2.45, 2.75) is 19.4 Å². The number of benzene rings is 2. The van der Waals surface area contributed by atoms with Crippen LogP contribution in [0.5, 0.6) is 11.5 Å². The Morgan fingerprint density at radius 3 is 2.56 bits per heavy atom. The number of imide groups is 1. The largest absolute Gasteiger partial charge is 0.497 e. The molecule has 1 saturated heterocycles. The van der Waals surface area contributed by atoms with E-state index in [0.717, 1.165) is 5.69 Å². The number of hydrogen-bond donors (Lipinski definition) is 1. The summed E-state index contributed by atoms with van der Waals surface area (Å²) in [6.07, 6.45) is 0.114. The zero-order chi connectivity index (χ0) is 17.8. The number of nitrogens with one attached hydrogen (secondary N) is 1. The Labute approximate surface area is 146 Å². The van der Waals surface area contributed by atoms with Gasteiger partial charge in [0.25, 0.3) is 5.91 Å². The van der Waals surface area contributed by atoms with E-state index in [9.17, 15) is 9.59 Å². The third kappa shape index (κ3) is 3.57. The van der Waals surface area contributed by atoms with Crippen LogP contribution < -0.4 is 19.7 Å². The molecule has 0 spiro atoms. The van der Waals surface area contributed by atoms with Crippen molar-refractivity contribution in [2.75, 3.05) is 23.9 Å². The lowest BCUT2D eigenvalue weighted by Gasteiger charge is -2.17. The highest BCUT2D eigenvalue weighted by Crippen LogP contribution is 2.27. The SMILES string of the molecule is CCOc1ccc(N2C(=O)C[C@H](Nc3cccc(OC)c3)C2=O)cc1. The van der Waals surface area contributed by atoms with E-state index in [4.69, 9.17) is 9.47 Å². The van der Waals surface area contributed by atoms with Gasteiger partial charge in [0.15, 0.2) is 0 Å². The average Bonchev–Trinajstić information content (AvgIpc) is 2.90. The van der Waals surface area contributed by atoms with Crippen molar-refractivity contribution >= 4 is 23.2 Å². The van der Waals surface area contributed by atoms with Crippen molar-refractivity contribution in [3.8, 4) is 11.5 Å². The van der Waals surface area contributed by atoms with Crippen LogP contribution in [-0.2, 0) is 9.59 Å². The van der Waals surface area contributed by atoms with E-state index >= 15 is 0 Å². The summed E-state index contributed by atoms with van der Waals surface area (Å²) >= 11 is 0. The molecule has 0 unspecified atom stereocenters. The highest BCUT2D eigenvalue weighted by Gasteiger charge is 2.39. The van der Waals surface area contributed by atoms with Crippen LogP contribution >= 0.6 is 0 Å². The Kier molecular flexibility index (Phi) is 4.88. The second-order valence-corrected chi connectivity index (χ2v) is 5.63. The van der Waals surface area contributed by atoms with Crippen molar-refractivity contribution in [3.05, 3.63) is 48.5 Å². The van der Waals surface area contributed by atoms with Crippen LogP contribution in [0.15, 0.2) is 48.5 Å². The predicted octanol–water partition coefficient (Wildman–Crippen LogP) is 2.84. The highest BCUT2D eigenvalue weighted by molar-refractivity contribution is 6.23. The fourth-order valence-corrected chi connectivity index (χ4v) is 2.79. The Morgan fingerprint density at radius 2 is 1.88 bits per heavy atom. The smallest absolute Gasteiger partial charge is 0.256 e. The molecule has 1 aliphatic heterocycles. The minimum absolute atomic E-state index is 0.114. The molecule has 1 heterocycles. The van der Waals surface area contributed by atoms with E-state index in [1.54, 1.807) is 37.4 Å². The average molecular weight is 340 g/mol. The summed E-state index contributed by atoms with van der Waals surface area (Å²) in [5.41, 5.74) is 1.28. The van der Waals surface area contributed by atoms with Crippen LogP contribution in [0.1, 0.15) is 13.3 Å². The first-order valence-corrected chi connectivity index (χ1v) is 8.12. The van der Waals surface area contributed by atoms with Gasteiger partial charge in [-0.15, -0.1) is 0 Å². The van der Waals surface area contributed by atoms with E-state index in [0.29, 0.717) is 23.8 Å². The maximum atomic E-state index is 12.7. The van der Waals surface area contributed by atoms with Gasteiger partial charge in [-0.1, -0.05) is 6.07 Å². The third-order valence-electron chi connectivity index (χ3n) is 3.96. The van der Waals surface area contributed by atoms with Gasteiger partial charge < -0.3 is 14.8 Å². The molecular weight excluding hydrogens is 320 g/mol. The van der Waals surface area contributed by atoms with Gasteiger partial charge in [-0.3, -0.25) is 9.59 Å². The number of carbonyl (C=O) groups is 2. The van der Waals surface area contributed by atoms with Crippen LogP contribution in [0.25, 0.3) is 0 Å². The van der Waals surface area contributed by atoms with Crippen LogP contribution in [-0.4, -0.2) is 31.6 Å². The summed E-state index contributed by atoms with van der Waals surface area (Å²) in [6.45, 7) is 2.46. The molecule has 6 nitrogen and oxygen atoms in total. The number of amides is 2. The summed E-state index contributed by atoms with van der Waals surface area (Å²) in [7, 11) is 1.58. The lowest BCUT2D eigenvalue weighted by molar-refractivity contribution is -0.121. The number of carbonyl (C=O) groups excluding carboxylic acids is 2. The van der Waals surface area contributed by atoms with Crippen molar-refractivity contribution in [2.24, 2.45) is 0 Å². The van der Waals surface area contributed by atoms with Gasteiger partial charge in [-0.25, -0.2) is 4.90 Å². The molecule has 2 aromatic carbocycles. The zero-order valence-electron chi connectivity index (χ0n) is 14.2. The molecule has 3 rings (SSSR count). The summed E-state index contributed by atoms with van der Waals surface area (Å²) in [6, 6.07) is 13.6. The van der Waals surface area contributed by atoms with Crippen molar-refractivity contribution in [3.63, 3.8) is 0 Å². The maximum Gasteiger partial charge on any atom is 0.256 e. The summed E-state index contributed by atoms with van der Waals surface area (Å²) in [5.74, 6) is 0.896. The van der Waals surface area contributed by atoms with Gasteiger partial charge in [0, 0.05) is 11.8 Å². The van der Waals surface area contributed by atoms with Crippen LogP contribution in [0.2, 0.25) is 0 Å². The molecule has 0 saturated carbocycles. The Balaban J connectivity index is 1.75. The molecule has 2 amide bonds. The number of anilines is 2. The molecule has 1 N–H and O–H groups in total. The Hall–Kier alpha value is -3.02. The fourth-order valence-electron chi connectivity index (χ4n) is 2.79. The number of nitrogens with zero attached hydrogens (tertiary/aromatic N) is 1. The first kappa shape index (κ1) is 16.8. The van der Waals surface area contributed by atoms with E-state index in [-0.39, 0.29) is 18.2 Å². The molecule has 6 heteroatoms. The normalized spacial score (nSPS) is 16.9. The van der Waals surface area contributed by atoms with Gasteiger partial charge in [-0.2, -0.15) is 0 Å². The van der Waals surface area contributed by atoms with Gasteiger partial charge in [0.1, 0.15) is 17.5 Å². The molecule has 1 fully saturated rings. The van der Waals surface area contributed by atoms with Crippen LogP contribution in [0.4, 0.5) is 11.4 Å². The minimum Gasteiger partial charge on any atom is -0.497 e.